The van der Waals surface area contributed by atoms with Crippen LogP contribution < -0.4 is 20.1 Å². The van der Waals surface area contributed by atoms with Crippen LogP contribution in [0.2, 0.25) is 0 Å². The minimum Gasteiger partial charge on any atom is -0.486 e. The third kappa shape index (κ3) is 5.67. The third-order valence-corrected chi connectivity index (χ3v) is 5.34. The quantitative estimate of drug-likeness (QED) is 0.694. The molecule has 2 N–H and O–H groups in total. The van der Waals surface area contributed by atoms with Crippen LogP contribution in [0.1, 0.15) is 35.3 Å². The Bertz CT molecular complexity index is 844. The fraction of sp³-hybridized carbons (Fsp3) is 0.364. The van der Waals surface area contributed by atoms with Crippen LogP contribution in [0.3, 0.4) is 0 Å². The lowest BCUT2D eigenvalue weighted by molar-refractivity contribution is -0.123. The van der Waals surface area contributed by atoms with Crippen LogP contribution in [0.4, 0.5) is 0 Å². The Kier molecular flexibility index (Phi) is 7.41. The first kappa shape index (κ1) is 21.0. The molecule has 0 bridgehead atoms. The van der Waals surface area contributed by atoms with Gasteiger partial charge in [0, 0.05) is 5.56 Å². The second-order valence-corrected chi connectivity index (χ2v) is 7.79. The van der Waals surface area contributed by atoms with Crippen molar-refractivity contribution in [2.45, 2.75) is 25.4 Å². The topological polar surface area (TPSA) is 76.7 Å². The molecule has 0 fully saturated rings. The van der Waals surface area contributed by atoms with Gasteiger partial charge >= 0.3 is 0 Å². The number of carbonyl (C=O) groups excluding carboxylic acids is 2. The molecular formula is C22H26N2O4S. The molecule has 2 amide bonds. The van der Waals surface area contributed by atoms with Crippen molar-refractivity contribution in [3.8, 4) is 11.5 Å². The van der Waals surface area contributed by atoms with E-state index in [2.05, 4.69) is 10.6 Å². The minimum atomic E-state index is -0.602. The first-order valence-corrected chi connectivity index (χ1v) is 11.0. The summed E-state index contributed by atoms with van der Waals surface area (Å²) >= 11 is 1.64. The van der Waals surface area contributed by atoms with Crippen molar-refractivity contribution in [1.82, 2.24) is 10.6 Å². The first-order valence-electron chi connectivity index (χ1n) is 9.63. The molecule has 0 saturated heterocycles. The molecule has 0 aromatic heterocycles. The highest BCUT2D eigenvalue weighted by Gasteiger charge is 2.23. The van der Waals surface area contributed by atoms with E-state index in [4.69, 9.17) is 9.47 Å². The highest BCUT2D eigenvalue weighted by Crippen LogP contribution is 2.32. The number of nitrogens with one attached hydrogen (secondary N) is 2. The van der Waals surface area contributed by atoms with E-state index in [9.17, 15) is 9.59 Å². The number of hydrogen-bond donors (Lipinski definition) is 2. The number of hydrogen-bond acceptors (Lipinski definition) is 5. The van der Waals surface area contributed by atoms with Gasteiger partial charge in [-0.1, -0.05) is 24.3 Å². The number of benzene rings is 2. The van der Waals surface area contributed by atoms with E-state index in [-0.39, 0.29) is 17.9 Å². The lowest BCUT2D eigenvalue weighted by atomic mass is 10.1. The molecule has 2 aromatic rings. The molecular weight excluding hydrogens is 388 g/mol. The molecule has 0 unspecified atom stereocenters. The predicted molar refractivity (Wildman–Crippen MR) is 115 cm³/mol. The molecule has 0 saturated carbocycles. The van der Waals surface area contributed by atoms with E-state index in [0.717, 1.165) is 11.3 Å². The number of thioether (sulfide) groups is 1. The van der Waals surface area contributed by atoms with Crippen LogP contribution in [0, 0.1) is 0 Å². The second-order valence-electron chi connectivity index (χ2n) is 6.81. The summed E-state index contributed by atoms with van der Waals surface area (Å²) < 4.78 is 11.2. The second kappa shape index (κ2) is 10.2. The molecule has 2 aromatic carbocycles. The van der Waals surface area contributed by atoms with Gasteiger partial charge in [-0.15, -0.1) is 0 Å². The molecule has 1 aliphatic rings. The van der Waals surface area contributed by atoms with Gasteiger partial charge in [0.15, 0.2) is 11.5 Å². The lowest BCUT2D eigenvalue weighted by Gasteiger charge is -2.23. The standard InChI is InChI=1S/C22H26N2O4S/c1-15(17-8-9-19-20(14-17)28-12-11-27-19)23-22(26)18(10-13-29-2)24-21(25)16-6-4-3-5-7-16/h3-9,14-15,18H,10-13H2,1-2H3,(H,23,26)(H,24,25)/t15-,18-/m0/s1. The smallest absolute Gasteiger partial charge is 0.251 e. The van der Waals surface area contributed by atoms with Crippen LogP contribution in [-0.2, 0) is 4.79 Å². The van der Waals surface area contributed by atoms with E-state index in [1.54, 1.807) is 36.0 Å². The van der Waals surface area contributed by atoms with Crippen molar-refractivity contribution >= 4 is 23.6 Å². The Morgan fingerprint density at radius 3 is 2.48 bits per heavy atom. The van der Waals surface area contributed by atoms with Gasteiger partial charge in [0.05, 0.1) is 6.04 Å². The van der Waals surface area contributed by atoms with Crippen LogP contribution in [0.15, 0.2) is 48.5 Å². The van der Waals surface area contributed by atoms with E-state index >= 15 is 0 Å². The average molecular weight is 415 g/mol. The summed E-state index contributed by atoms with van der Waals surface area (Å²) in [4.78, 5) is 25.4. The zero-order valence-corrected chi connectivity index (χ0v) is 17.5. The molecule has 1 aliphatic heterocycles. The number of amides is 2. The highest BCUT2D eigenvalue weighted by atomic mass is 32.2. The van der Waals surface area contributed by atoms with Gasteiger partial charge in [0.25, 0.3) is 5.91 Å². The molecule has 0 spiro atoms. The molecule has 0 aliphatic carbocycles. The van der Waals surface area contributed by atoms with Gasteiger partial charge < -0.3 is 20.1 Å². The Morgan fingerprint density at radius 1 is 1.03 bits per heavy atom. The molecule has 154 valence electrons. The van der Waals surface area contributed by atoms with Crippen LogP contribution >= 0.6 is 11.8 Å². The largest absolute Gasteiger partial charge is 0.486 e. The Balaban J connectivity index is 1.66. The Labute approximate surface area is 175 Å². The molecule has 6 nitrogen and oxygen atoms in total. The maximum atomic E-state index is 12.9. The summed E-state index contributed by atoms with van der Waals surface area (Å²) in [5, 5.41) is 5.88. The van der Waals surface area contributed by atoms with Crippen molar-refractivity contribution in [2.75, 3.05) is 25.2 Å². The zero-order chi connectivity index (χ0) is 20.6. The van der Waals surface area contributed by atoms with Gasteiger partial charge in [-0.2, -0.15) is 11.8 Å². The lowest BCUT2D eigenvalue weighted by Crippen LogP contribution is -2.47. The van der Waals surface area contributed by atoms with Gasteiger partial charge in [-0.25, -0.2) is 0 Å². The fourth-order valence-corrected chi connectivity index (χ4v) is 3.53. The third-order valence-electron chi connectivity index (χ3n) is 4.69. The molecule has 1 heterocycles. The highest BCUT2D eigenvalue weighted by molar-refractivity contribution is 7.98. The molecule has 7 heteroatoms. The van der Waals surface area contributed by atoms with Gasteiger partial charge in [0.1, 0.15) is 19.3 Å². The van der Waals surface area contributed by atoms with Crippen molar-refractivity contribution in [2.24, 2.45) is 0 Å². The summed E-state index contributed by atoms with van der Waals surface area (Å²) in [6.45, 7) is 2.96. The van der Waals surface area contributed by atoms with E-state index in [1.165, 1.54) is 0 Å². The summed E-state index contributed by atoms with van der Waals surface area (Å²) in [7, 11) is 0. The minimum absolute atomic E-state index is 0.203. The van der Waals surface area contributed by atoms with E-state index in [1.807, 2.05) is 37.4 Å². The maximum Gasteiger partial charge on any atom is 0.251 e. The van der Waals surface area contributed by atoms with Crippen molar-refractivity contribution in [3.05, 3.63) is 59.7 Å². The predicted octanol–water partition coefficient (Wildman–Crippen LogP) is 3.19. The Hall–Kier alpha value is -2.67. The SMILES string of the molecule is CSCC[C@H](NC(=O)c1ccccc1)C(=O)N[C@@H](C)c1ccc2c(c1)OCCO2. The molecule has 3 rings (SSSR count). The van der Waals surface area contributed by atoms with Crippen molar-refractivity contribution < 1.29 is 19.1 Å². The molecule has 0 radical (unpaired) electrons. The molecule has 2 atom stereocenters. The number of rotatable bonds is 8. The van der Waals surface area contributed by atoms with Gasteiger partial charge in [0.2, 0.25) is 5.91 Å². The average Bonchev–Trinajstić information content (AvgIpc) is 2.76. The van der Waals surface area contributed by atoms with Gasteiger partial charge in [-0.05, 0) is 55.2 Å². The maximum absolute atomic E-state index is 12.9. The summed E-state index contributed by atoms with van der Waals surface area (Å²) in [6, 6.07) is 13.7. The summed E-state index contributed by atoms with van der Waals surface area (Å²) in [5.74, 6) is 1.72. The van der Waals surface area contributed by atoms with Crippen LogP contribution in [-0.4, -0.2) is 43.1 Å². The number of carbonyl (C=O) groups is 2. The Morgan fingerprint density at radius 2 is 1.76 bits per heavy atom. The van der Waals surface area contributed by atoms with Crippen molar-refractivity contribution in [3.63, 3.8) is 0 Å². The fourth-order valence-electron chi connectivity index (χ4n) is 3.06. The summed E-state index contributed by atoms with van der Waals surface area (Å²) in [6.07, 6.45) is 2.53. The van der Waals surface area contributed by atoms with E-state index < -0.39 is 6.04 Å². The number of ether oxygens (including phenoxy) is 2. The van der Waals surface area contributed by atoms with Crippen LogP contribution in [0.5, 0.6) is 11.5 Å². The zero-order valence-electron chi connectivity index (χ0n) is 16.6. The van der Waals surface area contributed by atoms with E-state index in [0.29, 0.717) is 36.7 Å². The van der Waals surface area contributed by atoms with Crippen LogP contribution in [0.25, 0.3) is 0 Å². The van der Waals surface area contributed by atoms with Gasteiger partial charge in [-0.3, -0.25) is 9.59 Å². The number of fused-ring (bicyclic) bond motifs is 1. The first-order chi connectivity index (χ1) is 14.1. The summed E-state index contributed by atoms with van der Waals surface area (Å²) in [5.41, 5.74) is 1.45. The van der Waals surface area contributed by atoms with Crippen molar-refractivity contribution in [1.29, 1.82) is 0 Å². The molecule has 29 heavy (non-hydrogen) atoms. The normalized spacial score (nSPS) is 14.6. The monoisotopic (exact) mass is 414 g/mol.